The summed E-state index contributed by atoms with van der Waals surface area (Å²) in [5.41, 5.74) is 3.74. The Morgan fingerprint density at radius 3 is 2.90 bits per heavy atom. The fraction of sp³-hybridized carbons (Fsp3) is 0.391. The Morgan fingerprint density at radius 2 is 2.06 bits per heavy atom. The molecule has 2 aromatic carbocycles. The van der Waals surface area contributed by atoms with E-state index in [1.807, 2.05) is 47.0 Å². The van der Waals surface area contributed by atoms with Crippen LogP contribution in [0.2, 0.25) is 0 Å². The number of aliphatic hydroxyl groups is 2. The fourth-order valence-corrected chi connectivity index (χ4v) is 4.46. The molecule has 1 saturated heterocycles. The fourth-order valence-electron chi connectivity index (χ4n) is 4.46. The topological polar surface area (TPSA) is 99.9 Å². The van der Waals surface area contributed by atoms with Crippen molar-refractivity contribution < 1.29 is 19.7 Å². The molecule has 0 bridgehead atoms. The van der Waals surface area contributed by atoms with Crippen LogP contribution in [-0.2, 0) is 17.8 Å². The van der Waals surface area contributed by atoms with Crippen LogP contribution in [0.1, 0.15) is 18.4 Å². The van der Waals surface area contributed by atoms with E-state index in [0.29, 0.717) is 44.6 Å². The number of benzene rings is 2. The van der Waals surface area contributed by atoms with Gasteiger partial charge in [-0.2, -0.15) is 0 Å². The number of fused-ring (bicyclic) bond motifs is 2. The van der Waals surface area contributed by atoms with Crippen LogP contribution in [-0.4, -0.2) is 57.6 Å². The van der Waals surface area contributed by atoms with Crippen LogP contribution < -0.4 is 15.0 Å². The summed E-state index contributed by atoms with van der Waals surface area (Å²) in [6.45, 7) is 1.57. The first-order valence-corrected chi connectivity index (χ1v) is 10.7. The van der Waals surface area contributed by atoms with E-state index in [0.717, 1.165) is 28.2 Å². The van der Waals surface area contributed by atoms with E-state index in [4.69, 9.17) is 9.72 Å². The van der Waals surface area contributed by atoms with Crippen molar-refractivity contribution in [2.45, 2.75) is 38.0 Å². The van der Waals surface area contributed by atoms with Gasteiger partial charge in [0.15, 0.2) is 0 Å². The second kappa shape index (κ2) is 8.20. The first-order valence-electron chi connectivity index (χ1n) is 10.7. The zero-order valence-corrected chi connectivity index (χ0v) is 17.2. The van der Waals surface area contributed by atoms with Crippen molar-refractivity contribution in [3.05, 3.63) is 48.0 Å². The third-order valence-electron chi connectivity index (χ3n) is 6.02. The lowest BCUT2D eigenvalue weighted by molar-refractivity contribution is -0.116. The lowest BCUT2D eigenvalue weighted by atomic mass is 10.0. The number of imidazole rings is 1. The van der Waals surface area contributed by atoms with Crippen molar-refractivity contribution >= 4 is 28.6 Å². The summed E-state index contributed by atoms with van der Waals surface area (Å²) < 4.78 is 8.13. The molecule has 0 saturated carbocycles. The third-order valence-corrected chi connectivity index (χ3v) is 6.02. The number of carbonyl (C=O) groups is 1. The number of hydrogen-bond donors (Lipinski definition) is 3. The van der Waals surface area contributed by atoms with Gasteiger partial charge in [0.25, 0.3) is 0 Å². The van der Waals surface area contributed by atoms with Gasteiger partial charge in [0, 0.05) is 31.6 Å². The Balaban J connectivity index is 1.31. The van der Waals surface area contributed by atoms with Crippen LogP contribution in [0.3, 0.4) is 0 Å². The summed E-state index contributed by atoms with van der Waals surface area (Å²) in [6.07, 6.45) is 0.833. The summed E-state index contributed by atoms with van der Waals surface area (Å²) in [4.78, 5) is 18.3. The van der Waals surface area contributed by atoms with Gasteiger partial charge in [0.1, 0.15) is 18.0 Å². The smallest absolute Gasteiger partial charge is 0.224 e. The number of anilines is 2. The van der Waals surface area contributed by atoms with Gasteiger partial charge >= 0.3 is 0 Å². The lowest BCUT2D eigenvalue weighted by Gasteiger charge is -2.36. The maximum Gasteiger partial charge on any atom is 0.224 e. The summed E-state index contributed by atoms with van der Waals surface area (Å²) in [5.74, 6) is 1.51. The molecule has 3 N–H and O–H groups in total. The standard InChI is InChI=1S/C23H26N4O4/c28-12-11-27-19-4-2-1-3-18(19)25-23(27)26-10-9-21(20(29)14-26)31-16-6-7-17-15(13-16)5-8-22(30)24-17/h1-4,6-7,13,20-21,28-29H,5,8-12,14H2,(H,24,30)/t20-,21-/m1/s1. The van der Waals surface area contributed by atoms with Crippen LogP contribution in [0, 0.1) is 0 Å². The van der Waals surface area contributed by atoms with Crippen molar-refractivity contribution in [3.63, 3.8) is 0 Å². The Labute approximate surface area is 180 Å². The second-order valence-electron chi connectivity index (χ2n) is 8.10. The van der Waals surface area contributed by atoms with Gasteiger partial charge in [-0.15, -0.1) is 0 Å². The average molecular weight is 422 g/mol. The van der Waals surface area contributed by atoms with Crippen molar-refractivity contribution in [1.82, 2.24) is 9.55 Å². The van der Waals surface area contributed by atoms with Gasteiger partial charge in [-0.25, -0.2) is 4.98 Å². The monoisotopic (exact) mass is 422 g/mol. The number of aliphatic hydroxyl groups excluding tert-OH is 2. The number of ether oxygens (including phenoxy) is 1. The summed E-state index contributed by atoms with van der Waals surface area (Å²) in [7, 11) is 0. The predicted molar refractivity (Wildman–Crippen MR) is 117 cm³/mol. The first kappa shape index (κ1) is 19.8. The van der Waals surface area contributed by atoms with Gasteiger partial charge in [0.05, 0.1) is 24.2 Å². The lowest BCUT2D eigenvalue weighted by Crippen LogP contribution is -2.50. The highest BCUT2D eigenvalue weighted by Crippen LogP contribution is 2.30. The summed E-state index contributed by atoms with van der Waals surface area (Å²) in [5, 5.41) is 23.2. The van der Waals surface area contributed by atoms with Gasteiger partial charge in [-0.05, 0) is 42.3 Å². The number of piperidine rings is 1. The zero-order chi connectivity index (χ0) is 21.4. The maximum atomic E-state index is 11.5. The van der Waals surface area contributed by atoms with Crippen molar-refractivity contribution in [1.29, 1.82) is 0 Å². The molecule has 0 radical (unpaired) electrons. The summed E-state index contributed by atoms with van der Waals surface area (Å²) >= 11 is 0. The Bertz CT molecular complexity index is 1110. The molecular weight excluding hydrogens is 396 g/mol. The number of nitrogens with zero attached hydrogens (tertiary/aromatic N) is 3. The van der Waals surface area contributed by atoms with E-state index >= 15 is 0 Å². The molecule has 1 fully saturated rings. The minimum atomic E-state index is -0.674. The highest BCUT2D eigenvalue weighted by Gasteiger charge is 2.32. The minimum Gasteiger partial charge on any atom is -0.488 e. The van der Waals surface area contributed by atoms with E-state index < -0.39 is 6.10 Å². The molecule has 31 heavy (non-hydrogen) atoms. The number of carbonyl (C=O) groups excluding carboxylic acids is 1. The second-order valence-corrected chi connectivity index (χ2v) is 8.10. The number of hydrogen-bond acceptors (Lipinski definition) is 6. The largest absolute Gasteiger partial charge is 0.488 e. The molecule has 8 heteroatoms. The molecule has 2 aliphatic rings. The van der Waals surface area contributed by atoms with Crippen LogP contribution >= 0.6 is 0 Å². The van der Waals surface area contributed by atoms with Crippen LogP contribution in [0.4, 0.5) is 11.6 Å². The Morgan fingerprint density at radius 1 is 1.19 bits per heavy atom. The molecule has 0 spiro atoms. The van der Waals surface area contributed by atoms with Gasteiger partial charge in [-0.1, -0.05) is 12.1 Å². The van der Waals surface area contributed by atoms with Crippen LogP contribution in [0.15, 0.2) is 42.5 Å². The zero-order valence-electron chi connectivity index (χ0n) is 17.2. The number of rotatable bonds is 5. The molecular formula is C23H26N4O4. The molecule has 3 aromatic rings. The van der Waals surface area contributed by atoms with Crippen LogP contribution in [0.5, 0.6) is 5.75 Å². The SMILES string of the molecule is O=C1CCc2cc(O[C@@H]3CCN(c4nc5ccccc5n4CCO)C[C@H]3O)ccc2N1. The van der Waals surface area contributed by atoms with Crippen molar-refractivity contribution in [3.8, 4) is 5.75 Å². The number of para-hydroxylation sites is 2. The van der Waals surface area contributed by atoms with E-state index in [9.17, 15) is 15.0 Å². The molecule has 5 rings (SSSR count). The van der Waals surface area contributed by atoms with Gasteiger partial charge < -0.3 is 29.7 Å². The van der Waals surface area contributed by atoms with Crippen molar-refractivity contribution in [2.75, 3.05) is 29.9 Å². The molecule has 0 aliphatic carbocycles. The third kappa shape index (κ3) is 3.84. The number of amides is 1. The minimum absolute atomic E-state index is 0.0221. The number of aryl methyl sites for hydroxylation is 1. The highest BCUT2D eigenvalue weighted by molar-refractivity contribution is 5.94. The molecule has 8 nitrogen and oxygen atoms in total. The molecule has 2 atom stereocenters. The highest BCUT2D eigenvalue weighted by atomic mass is 16.5. The van der Waals surface area contributed by atoms with E-state index in [-0.39, 0.29) is 18.6 Å². The van der Waals surface area contributed by atoms with E-state index in [1.54, 1.807) is 0 Å². The van der Waals surface area contributed by atoms with Gasteiger partial charge in [0.2, 0.25) is 11.9 Å². The van der Waals surface area contributed by atoms with Gasteiger partial charge in [-0.3, -0.25) is 4.79 Å². The summed E-state index contributed by atoms with van der Waals surface area (Å²) in [6, 6.07) is 13.5. The number of β-amino-alcohol motifs (C(OH)–C–C–N with tert-alkyl or cyclic N) is 1. The molecule has 1 aromatic heterocycles. The molecule has 2 aliphatic heterocycles. The quantitative estimate of drug-likeness (QED) is 0.581. The van der Waals surface area contributed by atoms with Crippen LogP contribution in [0.25, 0.3) is 11.0 Å². The first-order chi connectivity index (χ1) is 15.1. The van der Waals surface area contributed by atoms with E-state index in [2.05, 4.69) is 10.2 Å². The van der Waals surface area contributed by atoms with Crippen molar-refractivity contribution in [2.24, 2.45) is 0 Å². The predicted octanol–water partition coefficient (Wildman–Crippen LogP) is 1.93. The Hall–Kier alpha value is -3.10. The van der Waals surface area contributed by atoms with E-state index in [1.165, 1.54) is 0 Å². The molecule has 0 unspecified atom stereocenters. The molecule has 162 valence electrons. The molecule has 3 heterocycles. The average Bonchev–Trinajstić information content (AvgIpc) is 3.14. The maximum absolute atomic E-state index is 11.5. The number of nitrogens with one attached hydrogen (secondary N) is 1. The number of aromatic nitrogens is 2. The normalized spacial score (nSPS) is 21.1. The molecule has 1 amide bonds. The Kier molecular flexibility index (Phi) is 5.25.